The number of fused-ring (bicyclic) bond motifs is 1. The lowest BCUT2D eigenvalue weighted by Crippen LogP contribution is -2.11. The molecule has 0 saturated carbocycles. The van der Waals surface area contributed by atoms with Gasteiger partial charge in [0.15, 0.2) is 11.6 Å². The molecule has 0 unspecified atom stereocenters. The molecule has 196 valence electrons. The second kappa shape index (κ2) is 10.3. The van der Waals surface area contributed by atoms with Crippen LogP contribution in [0.5, 0.6) is 11.8 Å². The molecule has 10 heteroatoms. The monoisotopic (exact) mass is 542 g/mol. The van der Waals surface area contributed by atoms with Crippen LogP contribution in [0.25, 0.3) is 33.4 Å². The lowest BCUT2D eigenvalue weighted by Gasteiger charge is -2.13. The maximum absolute atomic E-state index is 15.4. The fourth-order valence-corrected chi connectivity index (χ4v) is 4.60. The van der Waals surface area contributed by atoms with Crippen molar-refractivity contribution in [3.63, 3.8) is 0 Å². The Hall–Kier alpha value is -4.63. The number of ether oxygens (including phenoxy) is 1. The summed E-state index contributed by atoms with van der Waals surface area (Å²) >= 11 is 6.75. The molecule has 0 aliphatic heterocycles. The number of nitrogens with one attached hydrogen (secondary N) is 1. The van der Waals surface area contributed by atoms with Crippen molar-refractivity contribution in [3.8, 4) is 34.1 Å². The van der Waals surface area contributed by atoms with E-state index in [9.17, 15) is 4.79 Å². The van der Waals surface area contributed by atoms with E-state index >= 15 is 4.39 Å². The van der Waals surface area contributed by atoms with Gasteiger partial charge >= 0.3 is 6.01 Å². The normalized spacial score (nSPS) is 11.0. The van der Waals surface area contributed by atoms with E-state index in [2.05, 4.69) is 31.8 Å². The van der Waals surface area contributed by atoms with Gasteiger partial charge in [-0.1, -0.05) is 24.2 Å². The first-order valence-electron chi connectivity index (χ1n) is 12.0. The molecule has 0 bridgehead atoms. The van der Waals surface area contributed by atoms with Crippen molar-refractivity contribution in [1.29, 1.82) is 0 Å². The van der Waals surface area contributed by atoms with Crippen LogP contribution in [0, 0.1) is 19.7 Å². The van der Waals surface area contributed by atoms with Gasteiger partial charge in [0.25, 0.3) is 5.91 Å². The van der Waals surface area contributed by atoms with Crippen molar-refractivity contribution in [2.45, 2.75) is 20.8 Å². The predicted molar refractivity (Wildman–Crippen MR) is 149 cm³/mol. The first-order chi connectivity index (χ1) is 18.6. The molecule has 2 aromatic carbocycles. The number of anilines is 1. The highest BCUT2D eigenvalue weighted by Crippen LogP contribution is 2.44. The minimum atomic E-state index is -0.584. The number of benzene rings is 2. The number of nitrogens with zero attached hydrogens (tertiary/aromatic N) is 5. The summed E-state index contributed by atoms with van der Waals surface area (Å²) in [6.45, 7) is 8.96. The van der Waals surface area contributed by atoms with Crippen molar-refractivity contribution in [2.75, 3.05) is 5.32 Å². The molecule has 1 amide bonds. The second-order valence-corrected chi connectivity index (χ2v) is 9.50. The van der Waals surface area contributed by atoms with Crippen LogP contribution in [-0.2, 0) is 11.8 Å². The van der Waals surface area contributed by atoms with Crippen LogP contribution in [0.1, 0.15) is 18.3 Å². The first kappa shape index (κ1) is 26.0. The molecule has 1 N–H and O–H groups in total. The van der Waals surface area contributed by atoms with Crippen LogP contribution >= 0.6 is 11.6 Å². The smallest absolute Gasteiger partial charge is 0.322 e. The minimum Gasteiger partial charge on any atom is -0.421 e. The largest absolute Gasteiger partial charge is 0.421 e. The molecular weight excluding hydrogens is 519 g/mol. The highest BCUT2D eigenvalue weighted by molar-refractivity contribution is 6.34. The summed E-state index contributed by atoms with van der Waals surface area (Å²) in [4.78, 5) is 29.2. The van der Waals surface area contributed by atoms with Gasteiger partial charge in [0.1, 0.15) is 12.0 Å². The van der Waals surface area contributed by atoms with Gasteiger partial charge in [-0.2, -0.15) is 0 Å². The van der Waals surface area contributed by atoms with E-state index in [-0.39, 0.29) is 17.7 Å². The van der Waals surface area contributed by atoms with Crippen molar-refractivity contribution < 1.29 is 13.9 Å². The molecule has 0 aliphatic carbocycles. The molecular formula is C29H24ClFN6O2. The van der Waals surface area contributed by atoms with Crippen molar-refractivity contribution in [3.05, 3.63) is 89.4 Å². The Kier molecular flexibility index (Phi) is 6.84. The molecule has 39 heavy (non-hydrogen) atoms. The highest BCUT2D eigenvalue weighted by atomic mass is 35.5. The van der Waals surface area contributed by atoms with E-state index in [1.165, 1.54) is 18.5 Å². The van der Waals surface area contributed by atoms with Gasteiger partial charge in [-0.3, -0.25) is 4.79 Å². The summed E-state index contributed by atoms with van der Waals surface area (Å²) in [6.07, 6.45) is 3.04. The number of halogens is 2. The van der Waals surface area contributed by atoms with E-state index in [0.717, 1.165) is 11.1 Å². The van der Waals surface area contributed by atoms with E-state index in [0.29, 0.717) is 50.0 Å². The molecule has 0 aliphatic rings. The molecule has 0 fully saturated rings. The number of aromatic nitrogens is 5. The number of rotatable bonds is 6. The van der Waals surface area contributed by atoms with Gasteiger partial charge < -0.3 is 14.6 Å². The third-order valence-corrected chi connectivity index (χ3v) is 6.53. The number of hydrogen-bond donors (Lipinski definition) is 1. The zero-order valence-electron chi connectivity index (χ0n) is 21.7. The van der Waals surface area contributed by atoms with Gasteiger partial charge in [0.05, 0.1) is 16.4 Å². The lowest BCUT2D eigenvalue weighted by molar-refractivity contribution is -0.112. The first-order valence-corrected chi connectivity index (χ1v) is 12.4. The molecule has 5 rings (SSSR count). The maximum atomic E-state index is 15.4. The molecule has 5 aromatic rings. The Bertz CT molecular complexity index is 1780. The Balaban J connectivity index is 1.65. The molecule has 8 nitrogen and oxygen atoms in total. The Labute approximate surface area is 229 Å². The predicted octanol–water partition coefficient (Wildman–Crippen LogP) is 6.81. The average molecular weight is 543 g/mol. The summed E-state index contributed by atoms with van der Waals surface area (Å²) in [5, 5.41) is 3.93. The van der Waals surface area contributed by atoms with E-state index in [1.807, 2.05) is 18.5 Å². The van der Waals surface area contributed by atoms with Crippen LogP contribution in [0.15, 0.2) is 67.1 Å². The van der Waals surface area contributed by atoms with Crippen LogP contribution < -0.4 is 10.1 Å². The molecule has 3 heterocycles. The minimum absolute atomic E-state index is 0.00486. The highest BCUT2D eigenvalue weighted by Gasteiger charge is 2.24. The van der Waals surface area contributed by atoms with E-state index in [4.69, 9.17) is 16.3 Å². The van der Waals surface area contributed by atoms with Gasteiger partial charge in [0, 0.05) is 46.7 Å². The average Bonchev–Trinajstić information content (AvgIpc) is 3.18. The summed E-state index contributed by atoms with van der Waals surface area (Å²) in [5.41, 5.74) is 5.69. The lowest BCUT2D eigenvalue weighted by atomic mass is 9.97. The Morgan fingerprint density at radius 3 is 2.59 bits per heavy atom. The topological polar surface area (TPSA) is 94.8 Å². The van der Waals surface area contributed by atoms with Gasteiger partial charge in [-0.15, -0.1) is 0 Å². The van der Waals surface area contributed by atoms with Crippen molar-refractivity contribution in [1.82, 2.24) is 24.5 Å². The molecule has 3 aromatic heterocycles. The molecule has 0 spiro atoms. The number of hydrogen-bond acceptors (Lipinski definition) is 6. The van der Waals surface area contributed by atoms with Gasteiger partial charge in [-0.25, -0.2) is 24.3 Å². The summed E-state index contributed by atoms with van der Waals surface area (Å²) in [5.74, 6) is -0.891. The van der Waals surface area contributed by atoms with Gasteiger partial charge in [0.2, 0.25) is 0 Å². The Morgan fingerprint density at radius 2 is 1.90 bits per heavy atom. The third kappa shape index (κ3) is 4.96. The zero-order valence-corrected chi connectivity index (χ0v) is 22.5. The van der Waals surface area contributed by atoms with Crippen molar-refractivity contribution >= 4 is 34.2 Å². The number of aryl methyl sites for hydroxylation is 3. The van der Waals surface area contributed by atoms with E-state index in [1.54, 1.807) is 50.4 Å². The quantitative estimate of drug-likeness (QED) is 0.237. The summed E-state index contributed by atoms with van der Waals surface area (Å²) < 4.78 is 22.9. The second-order valence-electron chi connectivity index (χ2n) is 9.10. The van der Waals surface area contributed by atoms with Crippen LogP contribution in [-0.4, -0.2) is 30.4 Å². The summed E-state index contributed by atoms with van der Waals surface area (Å²) in [7, 11) is 1.86. The van der Waals surface area contributed by atoms with E-state index < -0.39 is 5.82 Å². The van der Waals surface area contributed by atoms with Gasteiger partial charge in [-0.05, 0) is 62.7 Å². The molecule has 0 radical (unpaired) electrons. The molecule has 0 atom stereocenters. The third-order valence-electron chi connectivity index (χ3n) is 6.22. The fourth-order valence-electron chi connectivity index (χ4n) is 4.33. The van der Waals surface area contributed by atoms with Crippen LogP contribution in [0.4, 0.5) is 10.1 Å². The number of amides is 1. The van der Waals surface area contributed by atoms with Crippen LogP contribution in [0.3, 0.4) is 0 Å². The van der Waals surface area contributed by atoms with Crippen molar-refractivity contribution in [2.24, 2.45) is 7.05 Å². The molecule has 0 saturated heterocycles. The zero-order chi connectivity index (χ0) is 27.8. The standard InChI is InChI=1S/C29H24ClFN6O2/c1-15(2)28(38)36-19-7-8-20(21(30)13-19)26-25(24-17(4)33-14-34-27(24)37(26)5)18-6-9-23(22(31)12-18)39-29-32-11-10-16(3)35-29/h6-14H,1H2,2-5H3,(H,36,38). The SMILES string of the molecule is C=C(C)C(=O)Nc1ccc(-c2c(-c3ccc(Oc4nccc(C)n4)c(F)c3)c3c(C)ncnc3n2C)c(Cl)c1. The number of carbonyl (C=O) groups is 1. The Morgan fingerprint density at radius 1 is 1.10 bits per heavy atom. The number of carbonyl (C=O) groups excluding carboxylic acids is 1. The fraction of sp³-hybridized carbons (Fsp3) is 0.138. The maximum Gasteiger partial charge on any atom is 0.322 e. The summed E-state index contributed by atoms with van der Waals surface area (Å²) in [6, 6.07) is 11.7. The van der Waals surface area contributed by atoms with Crippen LogP contribution in [0.2, 0.25) is 5.02 Å².